The van der Waals surface area contributed by atoms with Crippen molar-refractivity contribution in [2.24, 2.45) is 0 Å². The second-order valence-corrected chi connectivity index (χ2v) is 5.53. The van der Waals surface area contributed by atoms with Crippen LogP contribution in [0.25, 0.3) is 0 Å². The van der Waals surface area contributed by atoms with Crippen molar-refractivity contribution in [3.05, 3.63) is 52.6 Å². The summed E-state index contributed by atoms with van der Waals surface area (Å²) in [5, 5.41) is 8.13. The van der Waals surface area contributed by atoms with Gasteiger partial charge in [0.15, 0.2) is 0 Å². The van der Waals surface area contributed by atoms with E-state index in [9.17, 15) is 4.39 Å². The number of aryl methyl sites for hydroxylation is 1. The lowest BCUT2D eigenvalue weighted by molar-refractivity contribution is 0.545. The van der Waals surface area contributed by atoms with Crippen molar-refractivity contribution in [1.82, 2.24) is 15.1 Å². The lowest BCUT2D eigenvalue weighted by atomic mass is 10.0. The highest BCUT2D eigenvalue weighted by atomic mass is 35.5. The normalized spacial score (nSPS) is 12.6. The van der Waals surface area contributed by atoms with Gasteiger partial charge in [0.05, 0.1) is 12.2 Å². The van der Waals surface area contributed by atoms with E-state index in [1.54, 1.807) is 18.3 Å². The first-order chi connectivity index (χ1) is 10.2. The van der Waals surface area contributed by atoms with Crippen molar-refractivity contribution in [3.8, 4) is 0 Å². The van der Waals surface area contributed by atoms with E-state index in [0.29, 0.717) is 10.6 Å². The standard InChI is InChI=1S/C16H21ClFN3/c1-3-7-19-16(12-10-20-21(11-12)8-4-2)14-6-5-13(17)9-15(14)18/h5-6,9-11,16,19H,3-4,7-8H2,1-2H3. The molecule has 0 bridgehead atoms. The fourth-order valence-electron chi connectivity index (χ4n) is 2.31. The molecule has 1 atom stereocenters. The molecule has 2 rings (SSSR count). The largest absolute Gasteiger partial charge is 0.306 e. The van der Waals surface area contributed by atoms with E-state index in [1.807, 2.05) is 10.9 Å². The molecule has 114 valence electrons. The van der Waals surface area contributed by atoms with Crippen LogP contribution in [0.15, 0.2) is 30.6 Å². The highest BCUT2D eigenvalue weighted by Crippen LogP contribution is 2.26. The Kier molecular flexibility index (Phi) is 5.76. The Morgan fingerprint density at radius 3 is 2.81 bits per heavy atom. The number of aromatic nitrogens is 2. The lowest BCUT2D eigenvalue weighted by Gasteiger charge is -2.18. The summed E-state index contributed by atoms with van der Waals surface area (Å²) in [5.41, 5.74) is 1.57. The third-order valence-corrected chi connectivity index (χ3v) is 3.55. The summed E-state index contributed by atoms with van der Waals surface area (Å²) in [5.74, 6) is -0.292. The van der Waals surface area contributed by atoms with Gasteiger partial charge < -0.3 is 5.32 Å². The molecule has 0 radical (unpaired) electrons. The number of nitrogens with zero attached hydrogens (tertiary/aromatic N) is 2. The van der Waals surface area contributed by atoms with Gasteiger partial charge in [0, 0.05) is 28.9 Å². The minimum Gasteiger partial charge on any atom is -0.306 e. The van der Waals surface area contributed by atoms with E-state index >= 15 is 0 Å². The maximum absolute atomic E-state index is 14.2. The summed E-state index contributed by atoms with van der Waals surface area (Å²) in [7, 11) is 0. The molecule has 3 nitrogen and oxygen atoms in total. The quantitative estimate of drug-likeness (QED) is 0.831. The van der Waals surface area contributed by atoms with Gasteiger partial charge in [0.2, 0.25) is 0 Å². The molecule has 0 aliphatic rings. The highest BCUT2D eigenvalue weighted by Gasteiger charge is 2.19. The molecule has 0 spiro atoms. The molecular weight excluding hydrogens is 289 g/mol. The molecule has 1 aromatic heterocycles. The first kappa shape index (κ1) is 16.0. The van der Waals surface area contributed by atoms with Crippen LogP contribution < -0.4 is 5.32 Å². The number of halogens is 2. The Bertz CT molecular complexity index is 583. The van der Waals surface area contributed by atoms with Crippen LogP contribution >= 0.6 is 11.6 Å². The zero-order chi connectivity index (χ0) is 15.2. The van der Waals surface area contributed by atoms with Crippen LogP contribution in [-0.2, 0) is 6.54 Å². The number of nitrogens with one attached hydrogen (secondary N) is 1. The maximum atomic E-state index is 14.2. The predicted molar refractivity (Wildman–Crippen MR) is 84.1 cm³/mol. The van der Waals surface area contributed by atoms with Crippen LogP contribution in [0.4, 0.5) is 4.39 Å². The molecule has 5 heteroatoms. The topological polar surface area (TPSA) is 29.9 Å². The molecule has 0 aliphatic carbocycles. The molecule has 1 unspecified atom stereocenters. The van der Waals surface area contributed by atoms with Gasteiger partial charge in [0.25, 0.3) is 0 Å². The van der Waals surface area contributed by atoms with E-state index in [0.717, 1.165) is 31.5 Å². The van der Waals surface area contributed by atoms with Crippen molar-refractivity contribution in [2.45, 2.75) is 39.3 Å². The molecule has 0 saturated carbocycles. The van der Waals surface area contributed by atoms with Crippen LogP contribution in [0, 0.1) is 5.82 Å². The van der Waals surface area contributed by atoms with E-state index in [1.165, 1.54) is 6.07 Å². The zero-order valence-electron chi connectivity index (χ0n) is 12.4. The first-order valence-electron chi connectivity index (χ1n) is 7.36. The summed E-state index contributed by atoms with van der Waals surface area (Å²) in [6.07, 6.45) is 5.78. The van der Waals surface area contributed by atoms with Crippen LogP contribution in [0.3, 0.4) is 0 Å². The monoisotopic (exact) mass is 309 g/mol. The first-order valence-corrected chi connectivity index (χ1v) is 7.74. The van der Waals surface area contributed by atoms with Crippen LogP contribution in [0.1, 0.15) is 43.9 Å². The molecule has 1 heterocycles. The zero-order valence-corrected chi connectivity index (χ0v) is 13.2. The fraction of sp³-hybridized carbons (Fsp3) is 0.438. The summed E-state index contributed by atoms with van der Waals surface area (Å²) in [6.45, 7) is 5.87. The summed E-state index contributed by atoms with van der Waals surface area (Å²) >= 11 is 5.84. The Morgan fingerprint density at radius 2 is 2.14 bits per heavy atom. The van der Waals surface area contributed by atoms with E-state index in [-0.39, 0.29) is 11.9 Å². The Balaban J connectivity index is 2.32. The van der Waals surface area contributed by atoms with Gasteiger partial charge >= 0.3 is 0 Å². The van der Waals surface area contributed by atoms with Crippen LogP contribution in [-0.4, -0.2) is 16.3 Å². The molecular formula is C16H21ClFN3. The van der Waals surface area contributed by atoms with Crippen molar-refractivity contribution in [3.63, 3.8) is 0 Å². The molecule has 21 heavy (non-hydrogen) atoms. The van der Waals surface area contributed by atoms with Crippen molar-refractivity contribution >= 4 is 11.6 Å². The second kappa shape index (κ2) is 7.57. The molecule has 1 N–H and O–H groups in total. The van der Waals surface area contributed by atoms with Crippen molar-refractivity contribution in [2.75, 3.05) is 6.54 Å². The number of benzene rings is 1. The van der Waals surface area contributed by atoms with Crippen LogP contribution in [0.5, 0.6) is 0 Å². The van der Waals surface area contributed by atoms with Crippen LogP contribution in [0.2, 0.25) is 5.02 Å². The molecule has 0 fully saturated rings. The van der Waals surface area contributed by atoms with Gasteiger partial charge in [-0.15, -0.1) is 0 Å². The summed E-state index contributed by atoms with van der Waals surface area (Å²) in [4.78, 5) is 0. The fourth-order valence-corrected chi connectivity index (χ4v) is 2.47. The van der Waals surface area contributed by atoms with E-state index in [4.69, 9.17) is 11.6 Å². The molecule has 0 aliphatic heterocycles. The van der Waals surface area contributed by atoms with E-state index < -0.39 is 0 Å². The van der Waals surface area contributed by atoms with E-state index in [2.05, 4.69) is 24.3 Å². The van der Waals surface area contributed by atoms with Gasteiger partial charge in [-0.3, -0.25) is 4.68 Å². The minimum atomic E-state index is -0.292. The SMILES string of the molecule is CCCNC(c1cnn(CCC)c1)c1ccc(Cl)cc1F. The van der Waals surface area contributed by atoms with Gasteiger partial charge in [-0.05, 0) is 31.5 Å². The Labute approximate surface area is 130 Å². The third-order valence-electron chi connectivity index (χ3n) is 3.31. The smallest absolute Gasteiger partial charge is 0.129 e. The minimum absolute atomic E-state index is 0.201. The highest BCUT2D eigenvalue weighted by molar-refractivity contribution is 6.30. The molecule has 2 aromatic rings. The van der Waals surface area contributed by atoms with Crippen molar-refractivity contribution in [1.29, 1.82) is 0 Å². The van der Waals surface area contributed by atoms with Gasteiger partial charge in [-0.1, -0.05) is 31.5 Å². The predicted octanol–water partition coefficient (Wildman–Crippen LogP) is 4.17. The summed E-state index contributed by atoms with van der Waals surface area (Å²) in [6, 6.07) is 4.61. The average molecular weight is 310 g/mol. The van der Waals surface area contributed by atoms with Crippen molar-refractivity contribution < 1.29 is 4.39 Å². The molecule has 0 amide bonds. The van der Waals surface area contributed by atoms with Gasteiger partial charge in [-0.2, -0.15) is 5.10 Å². The van der Waals surface area contributed by atoms with Gasteiger partial charge in [0.1, 0.15) is 5.82 Å². The Hall–Kier alpha value is -1.39. The van der Waals surface area contributed by atoms with Gasteiger partial charge in [-0.25, -0.2) is 4.39 Å². The lowest BCUT2D eigenvalue weighted by Crippen LogP contribution is -2.23. The molecule has 0 saturated heterocycles. The third kappa shape index (κ3) is 4.05. The Morgan fingerprint density at radius 1 is 1.33 bits per heavy atom. The molecule has 1 aromatic carbocycles. The average Bonchev–Trinajstić information content (AvgIpc) is 2.90. The number of rotatable bonds is 7. The maximum Gasteiger partial charge on any atom is 0.129 e. The number of hydrogen-bond donors (Lipinski definition) is 1. The second-order valence-electron chi connectivity index (χ2n) is 5.09. The summed E-state index contributed by atoms with van der Waals surface area (Å²) < 4.78 is 16.1. The number of hydrogen-bond acceptors (Lipinski definition) is 2.